The van der Waals surface area contributed by atoms with Gasteiger partial charge >= 0.3 is 0 Å². The second-order valence-electron chi connectivity index (χ2n) is 3.36. The van der Waals surface area contributed by atoms with Crippen LogP contribution >= 0.6 is 23.4 Å². The molecule has 18 heavy (non-hydrogen) atoms. The summed E-state index contributed by atoms with van der Waals surface area (Å²) in [6, 6.07) is 6.23. The van der Waals surface area contributed by atoms with Gasteiger partial charge in [0.2, 0.25) is 0 Å². The molecule has 0 saturated heterocycles. The smallest absolute Gasteiger partial charge is 0.150 e. The molecule has 2 rings (SSSR count). The van der Waals surface area contributed by atoms with Gasteiger partial charge in [0.05, 0.1) is 5.02 Å². The molecule has 0 aliphatic heterocycles. The largest absolute Gasteiger partial charge is 0.382 e. The van der Waals surface area contributed by atoms with Crippen LogP contribution in [-0.2, 0) is 0 Å². The van der Waals surface area contributed by atoms with E-state index in [1.54, 1.807) is 6.26 Å². The van der Waals surface area contributed by atoms with E-state index < -0.39 is 5.82 Å². The van der Waals surface area contributed by atoms with E-state index in [0.29, 0.717) is 5.03 Å². The summed E-state index contributed by atoms with van der Waals surface area (Å²) in [5.41, 5.74) is 6.07. The van der Waals surface area contributed by atoms with Crippen molar-refractivity contribution in [3.63, 3.8) is 0 Å². The first kappa shape index (κ1) is 12.7. The third kappa shape index (κ3) is 1.92. The van der Waals surface area contributed by atoms with E-state index in [4.69, 9.17) is 22.6 Å². The Hall–Kier alpha value is -1.71. The maximum Gasteiger partial charge on any atom is 0.150 e. The van der Waals surface area contributed by atoms with E-state index in [2.05, 4.69) is 5.10 Å². The molecule has 0 aliphatic carbocycles. The zero-order valence-corrected chi connectivity index (χ0v) is 10.9. The average molecular weight is 283 g/mol. The average Bonchev–Trinajstić information content (AvgIpc) is 2.66. The van der Waals surface area contributed by atoms with E-state index in [0.717, 1.165) is 4.68 Å². The molecule has 7 heteroatoms. The lowest BCUT2D eigenvalue weighted by Crippen LogP contribution is -2.05. The number of rotatable bonds is 2. The van der Waals surface area contributed by atoms with Gasteiger partial charge < -0.3 is 5.73 Å². The maximum atomic E-state index is 13.8. The number of nitriles is 1. The standard InChI is InChI=1S/C11H8ClFN4S/c1-18-11-6(5-14)10(15)17(16-11)9-7(12)3-2-4-8(9)13/h2-4H,15H2,1H3. The van der Waals surface area contributed by atoms with Crippen LogP contribution in [0.4, 0.5) is 10.2 Å². The first-order chi connectivity index (χ1) is 8.60. The molecular formula is C11H8ClFN4S. The summed E-state index contributed by atoms with van der Waals surface area (Å²) < 4.78 is 14.9. The molecule has 4 nitrogen and oxygen atoms in total. The molecule has 1 aromatic heterocycles. The molecule has 0 saturated carbocycles. The number of para-hydroxylation sites is 1. The minimum Gasteiger partial charge on any atom is -0.382 e. The highest BCUT2D eigenvalue weighted by Gasteiger charge is 2.19. The highest BCUT2D eigenvalue weighted by molar-refractivity contribution is 7.98. The summed E-state index contributed by atoms with van der Waals surface area (Å²) in [6.07, 6.45) is 1.76. The van der Waals surface area contributed by atoms with Gasteiger partial charge in [0, 0.05) is 0 Å². The van der Waals surface area contributed by atoms with Crippen molar-refractivity contribution in [2.45, 2.75) is 5.03 Å². The van der Waals surface area contributed by atoms with Crippen molar-refractivity contribution < 1.29 is 4.39 Å². The predicted octanol–water partition coefficient (Wildman–Crippen LogP) is 2.84. The molecule has 0 bridgehead atoms. The van der Waals surface area contributed by atoms with Gasteiger partial charge in [-0.15, -0.1) is 11.8 Å². The van der Waals surface area contributed by atoms with Crippen LogP contribution in [0.15, 0.2) is 23.2 Å². The molecule has 0 radical (unpaired) electrons. The van der Waals surface area contributed by atoms with Crippen LogP contribution in [0.3, 0.4) is 0 Å². The summed E-state index contributed by atoms with van der Waals surface area (Å²) >= 11 is 7.20. The Labute approximate surface area is 112 Å². The van der Waals surface area contributed by atoms with Crippen molar-refractivity contribution in [2.24, 2.45) is 0 Å². The van der Waals surface area contributed by atoms with Crippen molar-refractivity contribution in [1.82, 2.24) is 9.78 Å². The number of nitrogen functional groups attached to an aromatic ring is 1. The minimum atomic E-state index is -0.547. The number of anilines is 1. The van der Waals surface area contributed by atoms with Crippen molar-refractivity contribution in [1.29, 1.82) is 5.26 Å². The lowest BCUT2D eigenvalue weighted by atomic mass is 10.3. The Morgan fingerprint density at radius 1 is 1.56 bits per heavy atom. The SMILES string of the molecule is CSc1nn(-c2c(F)cccc2Cl)c(N)c1C#N. The zero-order chi connectivity index (χ0) is 13.3. The van der Waals surface area contributed by atoms with Crippen molar-refractivity contribution in [3.05, 3.63) is 34.6 Å². The topological polar surface area (TPSA) is 67.6 Å². The molecule has 0 amide bonds. The van der Waals surface area contributed by atoms with Crippen molar-refractivity contribution >= 4 is 29.2 Å². The van der Waals surface area contributed by atoms with Gasteiger partial charge in [0.1, 0.15) is 34.0 Å². The van der Waals surface area contributed by atoms with Crippen molar-refractivity contribution in [2.75, 3.05) is 12.0 Å². The van der Waals surface area contributed by atoms with Gasteiger partial charge in [-0.2, -0.15) is 10.4 Å². The molecule has 92 valence electrons. The van der Waals surface area contributed by atoms with Crippen LogP contribution in [-0.4, -0.2) is 16.0 Å². The van der Waals surface area contributed by atoms with E-state index in [9.17, 15) is 4.39 Å². The molecule has 0 atom stereocenters. The Bertz CT molecular complexity index is 627. The Morgan fingerprint density at radius 3 is 2.78 bits per heavy atom. The number of benzene rings is 1. The van der Waals surface area contributed by atoms with Gasteiger partial charge in [-0.3, -0.25) is 0 Å². The second-order valence-corrected chi connectivity index (χ2v) is 4.57. The molecule has 2 aromatic rings. The molecule has 0 spiro atoms. The molecule has 2 N–H and O–H groups in total. The first-order valence-electron chi connectivity index (χ1n) is 4.87. The van der Waals surface area contributed by atoms with Gasteiger partial charge in [-0.05, 0) is 18.4 Å². The predicted molar refractivity (Wildman–Crippen MR) is 69.4 cm³/mol. The number of aromatic nitrogens is 2. The monoisotopic (exact) mass is 282 g/mol. The highest BCUT2D eigenvalue weighted by Crippen LogP contribution is 2.30. The number of nitrogens with two attached hydrogens (primary N) is 1. The molecule has 1 heterocycles. The minimum absolute atomic E-state index is 0.0495. The maximum absolute atomic E-state index is 13.8. The van der Waals surface area contributed by atoms with Crippen LogP contribution in [0, 0.1) is 17.1 Å². The number of nitrogens with zero attached hydrogens (tertiary/aromatic N) is 3. The summed E-state index contributed by atoms with van der Waals surface area (Å²) in [6.45, 7) is 0. The number of halogens is 2. The van der Waals surface area contributed by atoms with Crippen LogP contribution in [0.1, 0.15) is 5.56 Å². The summed E-state index contributed by atoms with van der Waals surface area (Å²) in [4.78, 5) is 0. The van der Waals surface area contributed by atoms with Crippen LogP contribution in [0.5, 0.6) is 0 Å². The molecule has 0 fully saturated rings. The normalized spacial score (nSPS) is 10.3. The highest BCUT2D eigenvalue weighted by atomic mass is 35.5. The third-order valence-electron chi connectivity index (χ3n) is 2.34. The second kappa shape index (κ2) is 4.88. The molecule has 1 aromatic carbocycles. The van der Waals surface area contributed by atoms with Crippen LogP contribution in [0.25, 0.3) is 5.69 Å². The van der Waals surface area contributed by atoms with Crippen LogP contribution < -0.4 is 5.73 Å². The lowest BCUT2D eigenvalue weighted by Gasteiger charge is -2.07. The van der Waals surface area contributed by atoms with E-state index in [1.165, 1.54) is 30.0 Å². The zero-order valence-electron chi connectivity index (χ0n) is 9.32. The first-order valence-corrected chi connectivity index (χ1v) is 6.47. The van der Waals surface area contributed by atoms with Crippen molar-refractivity contribution in [3.8, 4) is 11.8 Å². The molecular weight excluding hydrogens is 275 g/mol. The fourth-order valence-corrected chi connectivity index (χ4v) is 2.28. The Balaban J connectivity index is 2.73. The van der Waals surface area contributed by atoms with Gasteiger partial charge in [0.25, 0.3) is 0 Å². The fourth-order valence-electron chi connectivity index (χ4n) is 1.52. The number of hydrogen-bond donors (Lipinski definition) is 1. The number of thioether (sulfide) groups is 1. The van der Waals surface area contributed by atoms with Gasteiger partial charge in [-0.1, -0.05) is 17.7 Å². The van der Waals surface area contributed by atoms with E-state index in [1.807, 2.05) is 6.07 Å². The molecule has 0 aliphatic rings. The third-order valence-corrected chi connectivity index (χ3v) is 3.32. The van der Waals surface area contributed by atoms with Gasteiger partial charge in [0.15, 0.2) is 0 Å². The number of hydrogen-bond acceptors (Lipinski definition) is 4. The molecule has 0 unspecified atom stereocenters. The van der Waals surface area contributed by atoms with E-state index in [-0.39, 0.29) is 22.1 Å². The fraction of sp³-hybridized carbons (Fsp3) is 0.0909. The van der Waals surface area contributed by atoms with Crippen LogP contribution in [0.2, 0.25) is 5.02 Å². The Morgan fingerprint density at radius 2 is 2.28 bits per heavy atom. The summed E-state index contributed by atoms with van der Waals surface area (Å²) in [7, 11) is 0. The Kier molecular flexibility index (Phi) is 3.45. The quantitative estimate of drug-likeness (QED) is 0.860. The lowest BCUT2D eigenvalue weighted by molar-refractivity contribution is 0.610. The van der Waals surface area contributed by atoms with E-state index >= 15 is 0 Å². The summed E-state index contributed by atoms with van der Waals surface area (Å²) in [5.74, 6) is -0.470. The van der Waals surface area contributed by atoms with Gasteiger partial charge in [-0.25, -0.2) is 9.07 Å². The summed E-state index contributed by atoms with van der Waals surface area (Å²) in [5, 5.41) is 13.7.